The molecule has 0 heterocycles. The molecule has 8 aromatic rings. The largest absolute Gasteiger partial charge is 4.00 e. The van der Waals surface area contributed by atoms with E-state index in [1.165, 1.54) is 82.3 Å². The van der Waals surface area contributed by atoms with Gasteiger partial charge in [0.15, 0.2) is 0 Å². The van der Waals surface area contributed by atoms with Gasteiger partial charge in [0.25, 0.3) is 0 Å². The van der Waals surface area contributed by atoms with Crippen LogP contribution in [0.15, 0.2) is 188 Å². The van der Waals surface area contributed by atoms with E-state index in [0.717, 1.165) is 25.7 Å². The number of benzene rings is 7. The Labute approximate surface area is 393 Å². The van der Waals surface area contributed by atoms with E-state index < -0.39 is 8.07 Å². The third-order valence-corrected chi connectivity index (χ3v) is 17.0. The molecule has 0 radical (unpaired) electrons. The van der Waals surface area contributed by atoms with Crippen LogP contribution in [0.25, 0.3) is 0 Å². The predicted molar refractivity (Wildman–Crippen MR) is 242 cm³/mol. The third kappa shape index (κ3) is 10.4. The van der Waals surface area contributed by atoms with Crippen molar-refractivity contribution in [3.05, 3.63) is 255 Å². The molecule has 60 heavy (non-hydrogen) atoms. The SMILES string of the molecule is Cc1c(C)c(C)[c-]([Si](c2ccccc2)(c2cc(Cc3ccccc3)cc(Cc3ccccc3)c2)c2cc(Cc3ccccc3)cc(Cc3ccccc3)c2)c1C.[Cl-].[Cl-].[Cl-].[Ti+4]. The van der Waals surface area contributed by atoms with Crippen molar-refractivity contribution in [2.24, 2.45) is 0 Å². The van der Waals surface area contributed by atoms with Gasteiger partial charge in [0.1, 0.15) is 8.07 Å². The van der Waals surface area contributed by atoms with Gasteiger partial charge < -0.3 is 37.2 Å². The van der Waals surface area contributed by atoms with E-state index in [2.05, 4.69) is 216 Å². The average Bonchev–Trinajstić information content (AvgIpc) is 3.42. The molecule has 0 aliphatic carbocycles. The molecule has 0 saturated heterocycles. The van der Waals surface area contributed by atoms with Crippen LogP contribution < -0.4 is 58.0 Å². The molecule has 0 amide bonds. The Hall–Kier alpha value is -4.31. The van der Waals surface area contributed by atoms with Gasteiger partial charge in [-0.25, -0.2) is 0 Å². The molecular weight excluding hydrogens is 843 g/mol. The fraction of sp³-hybridized carbons (Fsp3) is 0.145. The van der Waals surface area contributed by atoms with Crippen molar-refractivity contribution in [2.75, 3.05) is 0 Å². The first-order valence-corrected chi connectivity index (χ1v) is 22.1. The molecule has 0 N–H and O–H groups in total. The van der Waals surface area contributed by atoms with Crippen LogP contribution in [-0.4, -0.2) is 8.07 Å². The van der Waals surface area contributed by atoms with Crippen LogP contribution in [0.4, 0.5) is 0 Å². The van der Waals surface area contributed by atoms with Gasteiger partial charge in [0.05, 0.1) is 0 Å². The molecule has 0 fully saturated rings. The Balaban J connectivity index is 0.00000198. The van der Waals surface area contributed by atoms with Crippen LogP contribution in [0.3, 0.4) is 0 Å². The Bertz CT molecular complexity index is 2280. The number of hydrogen-bond acceptors (Lipinski definition) is 0. The van der Waals surface area contributed by atoms with Crippen molar-refractivity contribution in [2.45, 2.75) is 53.4 Å². The second-order valence-corrected chi connectivity index (χ2v) is 19.4. The van der Waals surface area contributed by atoms with Crippen molar-refractivity contribution >= 4 is 28.8 Å². The Morgan fingerprint density at radius 3 is 0.833 bits per heavy atom. The summed E-state index contributed by atoms with van der Waals surface area (Å²) >= 11 is 0. The zero-order valence-corrected chi connectivity index (χ0v) is 39.7. The van der Waals surface area contributed by atoms with Crippen LogP contribution in [0, 0.1) is 27.7 Å². The molecule has 0 atom stereocenters. The minimum atomic E-state index is -2.99. The Morgan fingerprint density at radius 2 is 0.567 bits per heavy atom. The van der Waals surface area contributed by atoms with E-state index in [9.17, 15) is 0 Å². The minimum Gasteiger partial charge on any atom is -1.00 e. The van der Waals surface area contributed by atoms with Crippen LogP contribution in [0.5, 0.6) is 0 Å². The smallest absolute Gasteiger partial charge is 1.00 e. The molecule has 0 nitrogen and oxygen atoms in total. The monoisotopic (exact) mass is 892 g/mol. The quantitative estimate of drug-likeness (QED) is 0.0991. The van der Waals surface area contributed by atoms with Gasteiger partial charge in [-0.05, 0) is 70.2 Å². The molecule has 8 rings (SSSR count). The summed E-state index contributed by atoms with van der Waals surface area (Å²) in [6, 6.07) is 70.9. The molecule has 0 aliphatic heterocycles. The first-order valence-electron chi connectivity index (χ1n) is 20.1. The summed E-state index contributed by atoms with van der Waals surface area (Å²) in [5, 5.41) is 5.90. The van der Waals surface area contributed by atoms with Crippen LogP contribution in [-0.2, 0) is 47.4 Å². The standard InChI is InChI=1S/C55H51Si.3ClH.Ti/c1-40-41(2)43(4)55(42(40)3)56(52-28-18-9-19-29-52,53-36-48(30-44-20-10-5-11-21-44)34-49(37-53)31-45-22-12-6-13-23-45)54-38-50(32-46-24-14-7-15-25-46)35-51(39-54)33-47-26-16-8-17-27-47;;;;/h5-29,34-39H,30-33H2,1-4H3;3*1H;/q-1;;;;+4/p-3. The third-order valence-electron chi connectivity index (χ3n) is 12.0. The van der Waals surface area contributed by atoms with Gasteiger partial charge in [-0.3, -0.25) is 0 Å². The van der Waals surface area contributed by atoms with E-state index in [1.54, 1.807) is 5.19 Å². The summed E-state index contributed by atoms with van der Waals surface area (Å²) in [6.45, 7) is 9.47. The second kappa shape index (κ2) is 22.0. The molecule has 300 valence electrons. The molecule has 0 bridgehead atoms. The van der Waals surface area contributed by atoms with Crippen LogP contribution >= 0.6 is 0 Å². The molecule has 8 aromatic carbocycles. The molecule has 5 heteroatoms. The summed E-state index contributed by atoms with van der Waals surface area (Å²) in [6.07, 6.45) is 3.56. The van der Waals surface area contributed by atoms with Gasteiger partial charge in [-0.15, -0.1) is 5.19 Å². The van der Waals surface area contributed by atoms with Crippen molar-refractivity contribution in [3.8, 4) is 0 Å². The zero-order valence-electron chi connectivity index (χ0n) is 34.9. The maximum atomic E-state index is 2.60. The molecule has 0 unspecified atom stereocenters. The molecule has 0 aromatic heterocycles. The fourth-order valence-electron chi connectivity index (χ4n) is 9.10. The van der Waals surface area contributed by atoms with E-state index in [1.807, 2.05) is 0 Å². The molecule has 0 aliphatic rings. The van der Waals surface area contributed by atoms with Gasteiger partial charge in [0, 0.05) is 0 Å². The summed E-state index contributed by atoms with van der Waals surface area (Å²) in [4.78, 5) is 0. The van der Waals surface area contributed by atoms with Crippen molar-refractivity contribution < 1.29 is 58.9 Å². The van der Waals surface area contributed by atoms with Gasteiger partial charge in [-0.1, -0.05) is 231 Å². The van der Waals surface area contributed by atoms with Crippen LogP contribution in [0.1, 0.15) is 66.8 Å². The number of rotatable bonds is 12. The molecular formula is C55H51Cl3SiTi. The fourth-order valence-corrected chi connectivity index (χ4v) is 14.8. The predicted octanol–water partition coefficient (Wildman–Crippen LogP) is 1.39. The van der Waals surface area contributed by atoms with Gasteiger partial charge in [-0.2, -0.15) is 22.3 Å². The van der Waals surface area contributed by atoms with E-state index >= 15 is 0 Å². The van der Waals surface area contributed by atoms with Gasteiger partial charge in [0.2, 0.25) is 0 Å². The number of hydrogen-bond donors (Lipinski definition) is 0. The maximum absolute atomic E-state index is 2.99. The summed E-state index contributed by atoms with van der Waals surface area (Å²) in [5.41, 5.74) is 16.5. The average molecular weight is 894 g/mol. The summed E-state index contributed by atoms with van der Waals surface area (Å²) < 4.78 is 0. The first kappa shape index (κ1) is 48.4. The topological polar surface area (TPSA) is 0 Å². The Morgan fingerprint density at radius 1 is 0.317 bits per heavy atom. The summed E-state index contributed by atoms with van der Waals surface area (Å²) in [5.74, 6) is 0. The molecule has 0 spiro atoms. The number of halogens is 3. The summed E-state index contributed by atoms with van der Waals surface area (Å²) in [7, 11) is -2.99. The second-order valence-electron chi connectivity index (χ2n) is 15.7. The van der Waals surface area contributed by atoms with Crippen LogP contribution in [0.2, 0.25) is 0 Å². The van der Waals surface area contributed by atoms with E-state index in [-0.39, 0.29) is 58.9 Å². The molecule has 0 saturated carbocycles. The Kier molecular flexibility index (Phi) is 17.7. The van der Waals surface area contributed by atoms with E-state index in [0.29, 0.717) is 0 Å². The normalized spacial score (nSPS) is 10.7. The van der Waals surface area contributed by atoms with Crippen molar-refractivity contribution in [1.82, 2.24) is 0 Å². The maximum Gasteiger partial charge on any atom is 4.00 e. The minimum absolute atomic E-state index is 0. The first-order chi connectivity index (χ1) is 27.4. The van der Waals surface area contributed by atoms with E-state index in [4.69, 9.17) is 0 Å². The zero-order chi connectivity index (χ0) is 38.5. The van der Waals surface area contributed by atoms with Crippen molar-refractivity contribution in [3.63, 3.8) is 0 Å². The van der Waals surface area contributed by atoms with Gasteiger partial charge >= 0.3 is 21.7 Å². The van der Waals surface area contributed by atoms with Crippen molar-refractivity contribution in [1.29, 1.82) is 0 Å².